The zero-order valence-electron chi connectivity index (χ0n) is 8.46. The molecule has 1 unspecified atom stereocenters. The van der Waals surface area contributed by atoms with Crippen LogP contribution in [0, 0.1) is 0 Å². The summed E-state index contributed by atoms with van der Waals surface area (Å²) < 4.78 is 1.17. The van der Waals surface area contributed by atoms with Crippen LogP contribution >= 0.6 is 15.9 Å². The third-order valence-corrected chi connectivity index (χ3v) is 3.02. The second-order valence-electron chi connectivity index (χ2n) is 4.18. The van der Waals surface area contributed by atoms with E-state index in [0.29, 0.717) is 6.04 Å². The van der Waals surface area contributed by atoms with Gasteiger partial charge in [0.25, 0.3) is 0 Å². The van der Waals surface area contributed by atoms with Gasteiger partial charge in [-0.15, -0.1) is 0 Å². The predicted molar refractivity (Wildman–Crippen MR) is 63.5 cm³/mol. The Bertz CT molecular complexity index is 307. The fourth-order valence-corrected chi connectivity index (χ4v) is 2.18. The number of rotatable bonds is 4. The molecule has 0 aliphatic heterocycles. The van der Waals surface area contributed by atoms with Crippen LogP contribution in [0.15, 0.2) is 28.7 Å². The van der Waals surface area contributed by atoms with Gasteiger partial charge in [0.2, 0.25) is 0 Å². The molecule has 1 aliphatic rings. The molecule has 1 saturated carbocycles. The zero-order valence-corrected chi connectivity index (χ0v) is 10.0. The van der Waals surface area contributed by atoms with Gasteiger partial charge in [-0.2, -0.15) is 0 Å². The summed E-state index contributed by atoms with van der Waals surface area (Å²) in [6.07, 6.45) is 3.85. The largest absolute Gasteiger partial charge is 0.311 e. The first-order chi connectivity index (χ1) is 6.74. The van der Waals surface area contributed by atoms with E-state index in [-0.39, 0.29) is 0 Å². The summed E-state index contributed by atoms with van der Waals surface area (Å²) in [5.41, 5.74) is 1.40. The normalized spacial score (nSPS) is 18.1. The zero-order chi connectivity index (χ0) is 9.97. The number of hydrogen-bond donors (Lipinski definition) is 1. The SMILES string of the molecule is CC(Cc1cccc(Br)c1)NC1CC1. The fraction of sp³-hybridized carbons (Fsp3) is 0.500. The van der Waals surface area contributed by atoms with Crippen LogP contribution in [0.3, 0.4) is 0 Å². The van der Waals surface area contributed by atoms with Crippen LogP contribution < -0.4 is 5.32 Å². The van der Waals surface area contributed by atoms with Crippen LogP contribution in [0.1, 0.15) is 25.3 Å². The maximum Gasteiger partial charge on any atom is 0.0178 e. The monoisotopic (exact) mass is 253 g/mol. The van der Waals surface area contributed by atoms with Crippen molar-refractivity contribution in [2.75, 3.05) is 0 Å². The lowest BCUT2D eigenvalue weighted by Crippen LogP contribution is -2.29. The molecule has 2 heteroatoms. The molecular formula is C12H16BrN. The van der Waals surface area contributed by atoms with E-state index >= 15 is 0 Å². The number of hydrogen-bond acceptors (Lipinski definition) is 1. The van der Waals surface area contributed by atoms with Crippen molar-refractivity contribution in [1.82, 2.24) is 5.32 Å². The van der Waals surface area contributed by atoms with E-state index in [9.17, 15) is 0 Å². The summed E-state index contributed by atoms with van der Waals surface area (Å²) in [5.74, 6) is 0. The lowest BCUT2D eigenvalue weighted by Gasteiger charge is -2.13. The van der Waals surface area contributed by atoms with Crippen LogP contribution in [0.5, 0.6) is 0 Å². The minimum atomic E-state index is 0.594. The van der Waals surface area contributed by atoms with Gasteiger partial charge in [-0.1, -0.05) is 28.1 Å². The first kappa shape index (κ1) is 10.2. The molecule has 1 aromatic rings. The Morgan fingerprint density at radius 2 is 2.29 bits per heavy atom. The first-order valence-corrected chi connectivity index (χ1v) is 6.04. The topological polar surface area (TPSA) is 12.0 Å². The Kier molecular flexibility index (Phi) is 3.24. The molecule has 1 N–H and O–H groups in total. The number of benzene rings is 1. The van der Waals surface area contributed by atoms with Gasteiger partial charge in [0.1, 0.15) is 0 Å². The van der Waals surface area contributed by atoms with Crippen molar-refractivity contribution in [1.29, 1.82) is 0 Å². The van der Waals surface area contributed by atoms with Gasteiger partial charge in [0.15, 0.2) is 0 Å². The highest BCUT2D eigenvalue weighted by atomic mass is 79.9. The van der Waals surface area contributed by atoms with Gasteiger partial charge in [-0.25, -0.2) is 0 Å². The molecule has 1 fully saturated rings. The molecule has 14 heavy (non-hydrogen) atoms. The molecule has 0 radical (unpaired) electrons. The second kappa shape index (κ2) is 4.45. The lowest BCUT2D eigenvalue weighted by atomic mass is 10.1. The minimum absolute atomic E-state index is 0.594. The highest BCUT2D eigenvalue weighted by Crippen LogP contribution is 2.20. The third-order valence-electron chi connectivity index (χ3n) is 2.53. The molecule has 0 saturated heterocycles. The summed E-state index contributed by atoms with van der Waals surface area (Å²) in [7, 11) is 0. The Balaban J connectivity index is 1.88. The molecular weight excluding hydrogens is 238 g/mol. The average molecular weight is 254 g/mol. The molecule has 0 spiro atoms. The van der Waals surface area contributed by atoms with Gasteiger partial charge >= 0.3 is 0 Å². The predicted octanol–water partition coefficient (Wildman–Crippen LogP) is 3.13. The summed E-state index contributed by atoms with van der Waals surface area (Å²) in [6.45, 7) is 2.26. The Labute approximate surface area is 94.0 Å². The van der Waals surface area contributed by atoms with E-state index in [2.05, 4.69) is 52.4 Å². The van der Waals surface area contributed by atoms with Gasteiger partial charge in [0.05, 0.1) is 0 Å². The highest BCUT2D eigenvalue weighted by Gasteiger charge is 2.22. The molecule has 1 aromatic carbocycles. The molecule has 0 aromatic heterocycles. The van der Waals surface area contributed by atoms with Crippen LogP contribution in [0.2, 0.25) is 0 Å². The standard InChI is InChI=1S/C12H16BrN/c1-9(14-12-5-6-12)7-10-3-2-4-11(13)8-10/h2-4,8-9,12,14H,5-7H2,1H3. The average Bonchev–Trinajstić information content (AvgIpc) is 2.87. The van der Waals surface area contributed by atoms with Gasteiger partial charge < -0.3 is 5.32 Å². The van der Waals surface area contributed by atoms with Crippen LogP contribution in [-0.4, -0.2) is 12.1 Å². The second-order valence-corrected chi connectivity index (χ2v) is 5.09. The molecule has 76 valence electrons. The molecule has 1 atom stereocenters. The molecule has 0 amide bonds. The Morgan fingerprint density at radius 3 is 2.93 bits per heavy atom. The fourth-order valence-electron chi connectivity index (χ4n) is 1.73. The lowest BCUT2D eigenvalue weighted by molar-refractivity contribution is 0.542. The highest BCUT2D eigenvalue weighted by molar-refractivity contribution is 9.10. The maximum absolute atomic E-state index is 3.61. The van der Waals surface area contributed by atoms with Crippen LogP contribution in [-0.2, 0) is 6.42 Å². The van der Waals surface area contributed by atoms with E-state index < -0.39 is 0 Å². The van der Waals surface area contributed by atoms with Crippen molar-refractivity contribution in [3.05, 3.63) is 34.3 Å². The minimum Gasteiger partial charge on any atom is -0.311 e. The maximum atomic E-state index is 3.61. The van der Waals surface area contributed by atoms with Crippen LogP contribution in [0.25, 0.3) is 0 Å². The molecule has 1 aliphatic carbocycles. The van der Waals surface area contributed by atoms with E-state index in [0.717, 1.165) is 12.5 Å². The van der Waals surface area contributed by atoms with E-state index in [1.807, 2.05) is 0 Å². The smallest absolute Gasteiger partial charge is 0.0178 e. The summed E-state index contributed by atoms with van der Waals surface area (Å²) in [6, 6.07) is 9.96. The third kappa shape index (κ3) is 3.10. The van der Waals surface area contributed by atoms with Gasteiger partial charge in [-0.3, -0.25) is 0 Å². The molecule has 0 heterocycles. The van der Waals surface area contributed by atoms with Gasteiger partial charge in [-0.05, 0) is 43.9 Å². The number of halogens is 1. The van der Waals surface area contributed by atoms with E-state index in [4.69, 9.17) is 0 Å². The van der Waals surface area contributed by atoms with Crippen molar-refractivity contribution < 1.29 is 0 Å². The van der Waals surface area contributed by atoms with Crippen molar-refractivity contribution in [3.8, 4) is 0 Å². The van der Waals surface area contributed by atoms with E-state index in [1.165, 1.54) is 22.9 Å². The Hall–Kier alpha value is -0.340. The Morgan fingerprint density at radius 1 is 1.50 bits per heavy atom. The van der Waals surface area contributed by atoms with Gasteiger partial charge in [0, 0.05) is 16.6 Å². The van der Waals surface area contributed by atoms with Crippen molar-refractivity contribution >= 4 is 15.9 Å². The van der Waals surface area contributed by atoms with Crippen LogP contribution in [0.4, 0.5) is 0 Å². The quantitative estimate of drug-likeness (QED) is 0.870. The molecule has 0 bridgehead atoms. The molecule has 1 nitrogen and oxygen atoms in total. The van der Waals surface area contributed by atoms with Crippen molar-refractivity contribution in [2.45, 2.75) is 38.3 Å². The first-order valence-electron chi connectivity index (χ1n) is 5.24. The summed E-state index contributed by atoms with van der Waals surface area (Å²) in [4.78, 5) is 0. The molecule has 2 rings (SSSR count). The van der Waals surface area contributed by atoms with E-state index in [1.54, 1.807) is 0 Å². The summed E-state index contributed by atoms with van der Waals surface area (Å²) in [5, 5.41) is 3.61. The summed E-state index contributed by atoms with van der Waals surface area (Å²) >= 11 is 3.49. The number of nitrogens with one attached hydrogen (secondary N) is 1. The van der Waals surface area contributed by atoms with Crippen molar-refractivity contribution in [3.63, 3.8) is 0 Å². The van der Waals surface area contributed by atoms with Crippen molar-refractivity contribution in [2.24, 2.45) is 0 Å².